The number of hydrogen-bond acceptors (Lipinski definition) is 6. The third kappa shape index (κ3) is 5.20. The highest BCUT2D eigenvalue weighted by Gasteiger charge is 2.19. The molecule has 3 aromatic carbocycles. The number of anilines is 2. The number of carbonyl (C=O) groups excluding carboxylic acids is 1. The number of nitrogens with one attached hydrogen (secondary N) is 2. The van der Waals surface area contributed by atoms with Gasteiger partial charge in [-0.1, -0.05) is 6.07 Å². The van der Waals surface area contributed by atoms with Crippen LogP contribution in [-0.2, 0) is 10.0 Å². The molecule has 1 heterocycles. The van der Waals surface area contributed by atoms with Gasteiger partial charge in [0, 0.05) is 29.4 Å². The Morgan fingerprint density at radius 3 is 2.33 bits per heavy atom. The van der Waals surface area contributed by atoms with Gasteiger partial charge in [0.1, 0.15) is 5.75 Å². The zero-order chi connectivity index (χ0) is 23.4. The van der Waals surface area contributed by atoms with E-state index in [2.05, 4.69) is 10.0 Å². The van der Waals surface area contributed by atoms with Gasteiger partial charge >= 0.3 is 0 Å². The third-order valence-electron chi connectivity index (χ3n) is 5.09. The van der Waals surface area contributed by atoms with Gasteiger partial charge < -0.3 is 19.5 Å². The van der Waals surface area contributed by atoms with Crippen LogP contribution in [0.4, 0.5) is 11.4 Å². The molecule has 0 bridgehead atoms. The summed E-state index contributed by atoms with van der Waals surface area (Å²) in [6, 6.07) is 16.1. The highest BCUT2D eigenvalue weighted by molar-refractivity contribution is 7.92. The number of rotatable bonds is 6. The molecule has 172 valence electrons. The maximum Gasteiger partial charge on any atom is 0.262 e. The summed E-state index contributed by atoms with van der Waals surface area (Å²) in [5, 5.41) is 2.79. The van der Waals surface area contributed by atoms with Gasteiger partial charge in [-0.05, 0) is 61.0 Å². The quantitative estimate of drug-likeness (QED) is 0.562. The molecule has 3 aromatic rings. The van der Waals surface area contributed by atoms with Gasteiger partial charge in [0.05, 0.1) is 25.2 Å². The van der Waals surface area contributed by atoms with Gasteiger partial charge in [-0.15, -0.1) is 0 Å². The number of sulfonamides is 1. The molecule has 0 aromatic heterocycles. The largest absolute Gasteiger partial charge is 0.496 e. The lowest BCUT2D eigenvalue weighted by Crippen LogP contribution is -2.14. The molecule has 9 heteroatoms. The summed E-state index contributed by atoms with van der Waals surface area (Å²) in [5.41, 5.74) is 2.27. The second-order valence-electron chi connectivity index (χ2n) is 7.48. The van der Waals surface area contributed by atoms with Crippen molar-refractivity contribution in [3.8, 4) is 17.2 Å². The van der Waals surface area contributed by atoms with Gasteiger partial charge in [-0.2, -0.15) is 0 Å². The van der Waals surface area contributed by atoms with Crippen LogP contribution in [-0.4, -0.2) is 34.6 Å². The predicted octanol–water partition coefficient (Wildman–Crippen LogP) is 4.22. The summed E-state index contributed by atoms with van der Waals surface area (Å²) < 4.78 is 44.6. The van der Waals surface area contributed by atoms with Crippen LogP contribution in [0.15, 0.2) is 65.6 Å². The van der Waals surface area contributed by atoms with Gasteiger partial charge in [0.2, 0.25) is 0 Å². The van der Waals surface area contributed by atoms with Crippen LogP contribution >= 0.6 is 0 Å². The maximum atomic E-state index is 12.8. The van der Waals surface area contributed by atoms with E-state index in [0.29, 0.717) is 47.4 Å². The van der Waals surface area contributed by atoms with Crippen LogP contribution in [0.25, 0.3) is 0 Å². The van der Waals surface area contributed by atoms with Gasteiger partial charge in [0.15, 0.2) is 11.5 Å². The van der Waals surface area contributed by atoms with Crippen molar-refractivity contribution >= 4 is 27.3 Å². The number of aryl methyl sites for hydroxylation is 1. The Kier molecular flexibility index (Phi) is 6.41. The molecule has 2 N–H and O–H groups in total. The Labute approximate surface area is 192 Å². The summed E-state index contributed by atoms with van der Waals surface area (Å²) in [6.45, 7) is 2.89. The van der Waals surface area contributed by atoms with Crippen LogP contribution in [0.5, 0.6) is 17.2 Å². The maximum absolute atomic E-state index is 12.8. The SMILES string of the molecule is COc1cc(C(=O)Nc2ccc(NS(=O)(=O)c3ccc4c(c3)OCCCO4)cc2)ccc1C. The molecule has 1 aliphatic heterocycles. The second kappa shape index (κ2) is 9.41. The van der Waals surface area contributed by atoms with Crippen molar-refractivity contribution in [2.24, 2.45) is 0 Å². The molecule has 4 rings (SSSR count). The summed E-state index contributed by atoms with van der Waals surface area (Å²) >= 11 is 0. The van der Waals surface area contributed by atoms with E-state index in [1.807, 2.05) is 13.0 Å². The van der Waals surface area contributed by atoms with E-state index in [1.165, 1.54) is 12.1 Å². The smallest absolute Gasteiger partial charge is 0.262 e. The van der Waals surface area contributed by atoms with E-state index < -0.39 is 10.0 Å². The summed E-state index contributed by atoms with van der Waals surface area (Å²) in [7, 11) is -2.28. The van der Waals surface area contributed by atoms with E-state index in [4.69, 9.17) is 14.2 Å². The highest BCUT2D eigenvalue weighted by atomic mass is 32.2. The number of benzene rings is 3. The summed E-state index contributed by atoms with van der Waals surface area (Å²) in [6.07, 6.45) is 0.732. The van der Waals surface area contributed by atoms with Crippen molar-refractivity contribution < 1.29 is 27.4 Å². The topological polar surface area (TPSA) is 103 Å². The lowest BCUT2D eigenvalue weighted by molar-refractivity contribution is 0.102. The first-order chi connectivity index (χ1) is 15.9. The molecular weight excluding hydrogens is 444 g/mol. The van der Waals surface area contributed by atoms with E-state index in [-0.39, 0.29) is 10.8 Å². The molecule has 33 heavy (non-hydrogen) atoms. The molecule has 0 unspecified atom stereocenters. The second-order valence-corrected chi connectivity index (χ2v) is 9.16. The molecule has 0 fully saturated rings. The van der Waals surface area contributed by atoms with E-state index in [9.17, 15) is 13.2 Å². The van der Waals surface area contributed by atoms with Gasteiger partial charge in [-0.3, -0.25) is 9.52 Å². The molecular formula is C24H24N2O6S. The monoisotopic (exact) mass is 468 g/mol. The minimum Gasteiger partial charge on any atom is -0.496 e. The zero-order valence-corrected chi connectivity index (χ0v) is 19.1. The first-order valence-electron chi connectivity index (χ1n) is 10.3. The minimum atomic E-state index is -3.84. The molecule has 0 saturated heterocycles. The molecule has 1 amide bonds. The fourth-order valence-electron chi connectivity index (χ4n) is 3.31. The fourth-order valence-corrected chi connectivity index (χ4v) is 4.38. The average molecular weight is 469 g/mol. The van der Waals surface area contributed by atoms with Gasteiger partial charge in [0.25, 0.3) is 15.9 Å². The van der Waals surface area contributed by atoms with Crippen molar-refractivity contribution in [2.45, 2.75) is 18.2 Å². The van der Waals surface area contributed by atoms with Crippen LogP contribution in [0.1, 0.15) is 22.3 Å². The van der Waals surface area contributed by atoms with Crippen molar-refractivity contribution in [1.82, 2.24) is 0 Å². The molecule has 0 saturated carbocycles. The molecule has 0 spiro atoms. The van der Waals surface area contributed by atoms with Crippen LogP contribution in [0.3, 0.4) is 0 Å². The first-order valence-corrected chi connectivity index (χ1v) is 11.8. The predicted molar refractivity (Wildman–Crippen MR) is 125 cm³/mol. The van der Waals surface area contributed by atoms with Crippen molar-refractivity contribution in [1.29, 1.82) is 0 Å². The number of amides is 1. The van der Waals surface area contributed by atoms with Crippen molar-refractivity contribution in [2.75, 3.05) is 30.4 Å². The fraction of sp³-hybridized carbons (Fsp3) is 0.208. The summed E-state index contributed by atoms with van der Waals surface area (Å²) in [4.78, 5) is 12.6. The summed E-state index contributed by atoms with van der Waals surface area (Å²) in [5.74, 6) is 1.26. The Hall–Kier alpha value is -3.72. The Morgan fingerprint density at radius 1 is 0.909 bits per heavy atom. The number of fused-ring (bicyclic) bond motifs is 1. The first kappa shape index (κ1) is 22.5. The molecule has 0 aliphatic carbocycles. The lowest BCUT2D eigenvalue weighted by Gasteiger charge is -2.12. The van der Waals surface area contributed by atoms with Crippen LogP contribution in [0, 0.1) is 6.92 Å². The van der Waals surface area contributed by atoms with Crippen LogP contribution in [0.2, 0.25) is 0 Å². The van der Waals surface area contributed by atoms with Gasteiger partial charge in [-0.25, -0.2) is 8.42 Å². The normalized spacial score (nSPS) is 13.0. The number of carbonyl (C=O) groups is 1. The zero-order valence-electron chi connectivity index (χ0n) is 18.3. The number of hydrogen-bond donors (Lipinski definition) is 2. The van der Waals surface area contributed by atoms with E-state index in [1.54, 1.807) is 49.6 Å². The minimum absolute atomic E-state index is 0.0671. The number of ether oxygens (including phenoxy) is 3. The van der Waals surface area contributed by atoms with E-state index in [0.717, 1.165) is 12.0 Å². The Morgan fingerprint density at radius 2 is 1.61 bits per heavy atom. The molecule has 8 nitrogen and oxygen atoms in total. The Bertz CT molecular complexity index is 1270. The standard InChI is InChI=1S/C24H24N2O6S/c1-16-4-5-17(14-22(16)30-2)24(27)25-18-6-8-19(9-7-18)26-33(28,29)20-10-11-21-23(15-20)32-13-3-12-31-21/h4-11,14-15,26H,3,12-13H2,1-2H3,(H,25,27). The molecule has 0 atom stereocenters. The molecule has 1 aliphatic rings. The van der Waals surface area contributed by atoms with Crippen molar-refractivity contribution in [3.05, 3.63) is 71.8 Å². The van der Waals surface area contributed by atoms with E-state index >= 15 is 0 Å². The average Bonchev–Trinajstić information content (AvgIpc) is 3.05. The van der Waals surface area contributed by atoms with Crippen LogP contribution < -0.4 is 24.2 Å². The Balaban J connectivity index is 1.45. The third-order valence-corrected chi connectivity index (χ3v) is 6.47. The highest BCUT2D eigenvalue weighted by Crippen LogP contribution is 2.32. The van der Waals surface area contributed by atoms with Crippen molar-refractivity contribution in [3.63, 3.8) is 0 Å². The number of methoxy groups -OCH3 is 1. The lowest BCUT2D eigenvalue weighted by atomic mass is 10.1. The molecule has 0 radical (unpaired) electrons.